The molecule has 1 N–H and O–H groups in total. The summed E-state index contributed by atoms with van der Waals surface area (Å²) in [4.78, 5) is 26.0. The number of carbonyl (C=O) groups excluding carboxylic acids is 1. The summed E-state index contributed by atoms with van der Waals surface area (Å²) < 4.78 is 39.1. The molecule has 9 heteroatoms. The molecule has 2 heterocycles. The number of amides is 1. The van der Waals surface area contributed by atoms with Crippen molar-refractivity contribution in [1.29, 1.82) is 0 Å². The highest BCUT2D eigenvalue weighted by Gasteiger charge is 2.28. The zero-order chi connectivity index (χ0) is 23.6. The quantitative estimate of drug-likeness (QED) is 0.678. The molecule has 1 aromatic carbocycles. The van der Waals surface area contributed by atoms with Crippen LogP contribution >= 0.6 is 0 Å². The lowest BCUT2D eigenvalue weighted by atomic mass is 10.0. The second-order valence-electron chi connectivity index (χ2n) is 8.33. The number of hydrogen-bond acceptors (Lipinski definition) is 6. The third-order valence-electron chi connectivity index (χ3n) is 5.86. The van der Waals surface area contributed by atoms with E-state index in [4.69, 9.17) is 9.15 Å². The van der Waals surface area contributed by atoms with Crippen molar-refractivity contribution in [3.8, 4) is 5.75 Å². The average molecular weight is 463 g/mol. The van der Waals surface area contributed by atoms with E-state index >= 15 is 0 Å². The molecule has 1 aliphatic heterocycles. The fourth-order valence-corrected chi connectivity index (χ4v) is 5.64. The number of rotatable bonds is 7. The third kappa shape index (κ3) is 5.39. The van der Waals surface area contributed by atoms with Gasteiger partial charge in [0.15, 0.2) is 0 Å². The van der Waals surface area contributed by atoms with Gasteiger partial charge < -0.3 is 14.1 Å². The SMILES string of the molecule is Cc1cc(OC2CCN(C(=O)CCNS(=O)(=O)c3c(C)c(C)cc(C)c3C)C2)cc(=O)o1. The van der Waals surface area contributed by atoms with E-state index in [0.29, 0.717) is 35.9 Å². The highest BCUT2D eigenvalue weighted by molar-refractivity contribution is 7.89. The Hall–Kier alpha value is -2.65. The van der Waals surface area contributed by atoms with Crippen molar-refractivity contribution in [3.05, 3.63) is 56.6 Å². The van der Waals surface area contributed by atoms with Crippen LogP contribution in [-0.2, 0) is 14.8 Å². The molecule has 1 aliphatic rings. The van der Waals surface area contributed by atoms with Crippen LogP contribution < -0.4 is 15.1 Å². The van der Waals surface area contributed by atoms with Gasteiger partial charge in [-0.3, -0.25) is 4.79 Å². The molecule has 174 valence electrons. The van der Waals surface area contributed by atoms with Crippen molar-refractivity contribution in [2.75, 3.05) is 19.6 Å². The van der Waals surface area contributed by atoms with Crippen LogP contribution in [0.25, 0.3) is 0 Å². The first-order chi connectivity index (χ1) is 15.0. The van der Waals surface area contributed by atoms with E-state index < -0.39 is 15.6 Å². The Morgan fingerprint density at radius 2 is 1.78 bits per heavy atom. The highest BCUT2D eigenvalue weighted by Crippen LogP contribution is 2.26. The Kier molecular flexibility index (Phi) is 7.09. The number of benzene rings is 1. The first-order valence-electron chi connectivity index (χ1n) is 10.6. The van der Waals surface area contributed by atoms with Gasteiger partial charge in [0, 0.05) is 32.0 Å². The lowest BCUT2D eigenvalue weighted by Crippen LogP contribution is -2.34. The number of carbonyl (C=O) groups is 1. The monoisotopic (exact) mass is 462 g/mol. The van der Waals surface area contributed by atoms with E-state index in [1.165, 1.54) is 6.07 Å². The standard InChI is InChI=1S/C23H30N2O6S/c1-14-10-15(2)18(5)23(17(14)4)32(28,29)24-8-6-21(26)25-9-7-19(13-25)31-20-11-16(3)30-22(27)12-20/h10-12,19,24H,6-9,13H2,1-5H3. The van der Waals surface area contributed by atoms with E-state index in [0.717, 1.165) is 22.3 Å². The normalized spacial score (nSPS) is 16.4. The van der Waals surface area contributed by atoms with Gasteiger partial charge in [-0.1, -0.05) is 6.07 Å². The Balaban J connectivity index is 1.56. The Labute approximate surface area is 188 Å². The van der Waals surface area contributed by atoms with Crippen LogP contribution in [0.4, 0.5) is 0 Å². The molecule has 3 rings (SSSR count). The molecular weight excluding hydrogens is 432 g/mol. The van der Waals surface area contributed by atoms with Crippen LogP contribution in [-0.4, -0.2) is 45.0 Å². The minimum Gasteiger partial charge on any atom is -0.488 e. The first kappa shape index (κ1) is 24.0. The number of likely N-dealkylation sites (tertiary alicyclic amines) is 1. The minimum atomic E-state index is -3.73. The van der Waals surface area contributed by atoms with Crippen LogP contribution in [0.1, 0.15) is 40.9 Å². The van der Waals surface area contributed by atoms with E-state index in [1.54, 1.807) is 31.7 Å². The molecule has 1 unspecified atom stereocenters. The molecule has 1 aromatic heterocycles. The zero-order valence-electron chi connectivity index (χ0n) is 19.1. The highest BCUT2D eigenvalue weighted by atomic mass is 32.2. The fourth-order valence-electron chi connectivity index (χ4n) is 3.99. The van der Waals surface area contributed by atoms with E-state index in [2.05, 4.69) is 4.72 Å². The van der Waals surface area contributed by atoms with Crippen molar-refractivity contribution in [2.24, 2.45) is 0 Å². The molecule has 1 saturated heterocycles. The smallest absolute Gasteiger partial charge is 0.339 e. The molecule has 1 fully saturated rings. The topological polar surface area (TPSA) is 106 Å². The van der Waals surface area contributed by atoms with Crippen LogP contribution in [0.15, 0.2) is 32.3 Å². The van der Waals surface area contributed by atoms with E-state index in [-0.39, 0.29) is 25.0 Å². The summed E-state index contributed by atoms with van der Waals surface area (Å²) in [7, 11) is -3.73. The predicted molar refractivity (Wildman–Crippen MR) is 121 cm³/mol. The van der Waals surface area contributed by atoms with Gasteiger partial charge in [0.25, 0.3) is 0 Å². The van der Waals surface area contributed by atoms with Crippen LogP contribution in [0.2, 0.25) is 0 Å². The van der Waals surface area contributed by atoms with Crippen molar-refractivity contribution in [2.45, 2.75) is 58.5 Å². The maximum atomic E-state index is 12.9. The van der Waals surface area contributed by atoms with E-state index in [1.807, 2.05) is 19.9 Å². The maximum absolute atomic E-state index is 12.9. The molecule has 0 saturated carbocycles. The van der Waals surface area contributed by atoms with Crippen LogP contribution in [0.3, 0.4) is 0 Å². The number of nitrogens with zero attached hydrogens (tertiary/aromatic N) is 1. The van der Waals surface area contributed by atoms with Gasteiger partial charge in [-0.2, -0.15) is 0 Å². The first-order valence-corrected chi connectivity index (χ1v) is 12.1. The van der Waals surface area contributed by atoms with Gasteiger partial charge in [0.1, 0.15) is 17.6 Å². The molecule has 0 aliphatic carbocycles. The summed E-state index contributed by atoms with van der Waals surface area (Å²) in [5.41, 5.74) is 2.79. The van der Waals surface area contributed by atoms with Crippen molar-refractivity contribution < 1.29 is 22.4 Å². The van der Waals surface area contributed by atoms with Gasteiger partial charge in [0.05, 0.1) is 17.5 Å². The molecular formula is C23H30N2O6S. The van der Waals surface area contributed by atoms with Crippen LogP contribution in [0, 0.1) is 34.6 Å². The number of ether oxygens (including phenoxy) is 1. The maximum Gasteiger partial charge on any atom is 0.339 e. The van der Waals surface area contributed by atoms with Crippen molar-refractivity contribution in [1.82, 2.24) is 9.62 Å². The average Bonchev–Trinajstić information content (AvgIpc) is 3.14. The summed E-state index contributed by atoms with van der Waals surface area (Å²) in [6, 6.07) is 4.89. The second-order valence-corrected chi connectivity index (χ2v) is 10.0. The molecule has 32 heavy (non-hydrogen) atoms. The minimum absolute atomic E-state index is 0.0218. The Morgan fingerprint density at radius 3 is 2.41 bits per heavy atom. The van der Waals surface area contributed by atoms with Gasteiger partial charge >= 0.3 is 5.63 Å². The molecule has 1 amide bonds. The van der Waals surface area contributed by atoms with Crippen molar-refractivity contribution >= 4 is 15.9 Å². The van der Waals surface area contributed by atoms with Crippen LogP contribution in [0.5, 0.6) is 5.75 Å². The molecule has 2 aromatic rings. The van der Waals surface area contributed by atoms with Gasteiger partial charge in [-0.25, -0.2) is 17.9 Å². The van der Waals surface area contributed by atoms with E-state index in [9.17, 15) is 18.0 Å². The number of nitrogens with one attached hydrogen (secondary N) is 1. The predicted octanol–water partition coefficient (Wildman–Crippen LogP) is 2.53. The van der Waals surface area contributed by atoms with Gasteiger partial charge in [-0.05, 0) is 56.9 Å². The Morgan fingerprint density at radius 1 is 1.12 bits per heavy atom. The number of aryl methyl sites for hydroxylation is 3. The molecule has 0 spiro atoms. The molecule has 0 radical (unpaired) electrons. The summed E-state index contributed by atoms with van der Waals surface area (Å²) in [5, 5.41) is 0. The van der Waals surface area contributed by atoms with Gasteiger partial charge in [-0.15, -0.1) is 0 Å². The summed E-state index contributed by atoms with van der Waals surface area (Å²) in [5.74, 6) is 0.737. The lowest BCUT2D eigenvalue weighted by Gasteiger charge is -2.18. The largest absolute Gasteiger partial charge is 0.488 e. The number of hydrogen-bond donors (Lipinski definition) is 1. The summed E-state index contributed by atoms with van der Waals surface area (Å²) in [6.07, 6.45) is 0.470. The second kappa shape index (κ2) is 9.46. The number of sulfonamides is 1. The van der Waals surface area contributed by atoms with Crippen molar-refractivity contribution in [3.63, 3.8) is 0 Å². The zero-order valence-corrected chi connectivity index (χ0v) is 20.0. The summed E-state index contributed by atoms with van der Waals surface area (Å²) in [6.45, 7) is 9.97. The molecule has 1 atom stereocenters. The molecule has 0 bridgehead atoms. The lowest BCUT2D eigenvalue weighted by molar-refractivity contribution is -0.130. The fraction of sp³-hybridized carbons (Fsp3) is 0.478. The molecule has 8 nitrogen and oxygen atoms in total. The Bertz CT molecular complexity index is 1160. The summed E-state index contributed by atoms with van der Waals surface area (Å²) >= 11 is 0. The third-order valence-corrected chi connectivity index (χ3v) is 7.60. The van der Waals surface area contributed by atoms with Gasteiger partial charge in [0.2, 0.25) is 15.9 Å².